The molecule has 122 valence electrons. The minimum atomic E-state index is -0.626. The van der Waals surface area contributed by atoms with Crippen molar-refractivity contribution in [3.05, 3.63) is 56.4 Å². The molecule has 1 heterocycles. The number of ether oxygens (including phenoxy) is 1. The van der Waals surface area contributed by atoms with Crippen LogP contribution >= 0.6 is 22.9 Å². The summed E-state index contributed by atoms with van der Waals surface area (Å²) in [5, 5.41) is 11.8. The third-order valence-electron chi connectivity index (χ3n) is 3.35. The first-order valence-corrected chi connectivity index (χ1v) is 7.89. The number of hydrogen-bond acceptors (Lipinski definition) is 7. The Morgan fingerprint density at radius 2 is 1.88 bits per heavy atom. The Hall–Kier alpha value is -2.64. The highest BCUT2D eigenvalue weighted by Crippen LogP contribution is 2.35. The summed E-state index contributed by atoms with van der Waals surface area (Å²) in [6, 6.07) is 7.25. The van der Waals surface area contributed by atoms with E-state index in [1.54, 1.807) is 0 Å². The normalized spacial score (nSPS) is 13.8. The highest BCUT2D eigenvalue weighted by atomic mass is 35.5. The molecule has 6 nitrogen and oxygen atoms in total. The number of hydrogen-bond donors (Lipinski definition) is 2. The van der Waals surface area contributed by atoms with E-state index in [1.165, 1.54) is 37.4 Å². The SMILES string of the molecule is COC(=O)c1cc2c(s1)C(=O)C(Cl)=C(Nc1ccc(O)cc1)C2=O. The highest BCUT2D eigenvalue weighted by molar-refractivity contribution is 7.16. The molecule has 0 unspecified atom stereocenters. The third-order valence-corrected chi connectivity index (χ3v) is 4.83. The van der Waals surface area contributed by atoms with Gasteiger partial charge in [0.2, 0.25) is 11.6 Å². The Kier molecular flexibility index (Phi) is 4.13. The third kappa shape index (κ3) is 2.68. The molecule has 0 bridgehead atoms. The van der Waals surface area contributed by atoms with E-state index in [-0.39, 0.29) is 31.8 Å². The van der Waals surface area contributed by atoms with Crippen LogP contribution in [-0.4, -0.2) is 29.8 Å². The average molecular weight is 364 g/mol. The lowest BCUT2D eigenvalue weighted by Gasteiger charge is -2.16. The summed E-state index contributed by atoms with van der Waals surface area (Å²) in [5.41, 5.74) is 0.513. The summed E-state index contributed by atoms with van der Waals surface area (Å²) in [7, 11) is 1.22. The van der Waals surface area contributed by atoms with Crippen molar-refractivity contribution in [2.45, 2.75) is 0 Å². The number of esters is 1. The van der Waals surface area contributed by atoms with Gasteiger partial charge in [-0.2, -0.15) is 0 Å². The topological polar surface area (TPSA) is 92.7 Å². The number of fused-ring (bicyclic) bond motifs is 1. The van der Waals surface area contributed by atoms with Gasteiger partial charge in [0.15, 0.2) is 0 Å². The van der Waals surface area contributed by atoms with Crippen LogP contribution in [0.1, 0.15) is 29.7 Å². The van der Waals surface area contributed by atoms with Gasteiger partial charge in [0, 0.05) is 11.3 Å². The van der Waals surface area contributed by atoms with E-state index >= 15 is 0 Å². The van der Waals surface area contributed by atoms with Crippen molar-refractivity contribution in [2.75, 3.05) is 12.4 Å². The Morgan fingerprint density at radius 3 is 2.50 bits per heavy atom. The summed E-state index contributed by atoms with van der Waals surface area (Å²) >= 11 is 6.92. The molecule has 8 heteroatoms. The molecule has 0 fully saturated rings. The minimum Gasteiger partial charge on any atom is -0.508 e. The fourth-order valence-electron chi connectivity index (χ4n) is 2.18. The van der Waals surface area contributed by atoms with Crippen LogP contribution in [0.4, 0.5) is 5.69 Å². The Bertz CT molecular complexity index is 898. The van der Waals surface area contributed by atoms with E-state index in [0.717, 1.165) is 11.3 Å². The smallest absolute Gasteiger partial charge is 0.348 e. The van der Waals surface area contributed by atoms with Crippen LogP contribution in [0.5, 0.6) is 5.75 Å². The van der Waals surface area contributed by atoms with Gasteiger partial charge in [0.25, 0.3) is 0 Å². The standard InChI is InChI=1S/C16H10ClNO5S/c1-23-16(22)10-6-9-13(20)12(11(17)14(21)15(9)24-10)18-7-2-4-8(19)5-3-7/h2-6,18-19H,1H3. The number of Topliss-reactive ketones (excluding diaryl/α,β-unsaturated/α-hetero) is 2. The predicted molar refractivity (Wildman–Crippen MR) is 88.9 cm³/mol. The van der Waals surface area contributed by atoms with Gasteiger partial charge in [0.05, 0.1) is 12.0 Å². The lowest BCUT2D eigenvalue weighted by Crippen LogP contribution is -2.22. The molecule has 0 saturated carbocycles. The molecule has 1 aromatic carbocycles. The van der Waals surface area contributed by atoms with Gasteiger partial charge in [0.1, 0.15) is 21.4 Å². The Labute approximate surface area is 145 Å². The molecular formula is C16H10ClNO5S. The lowest BCUT2D eigenvalue weighted by molar-refractivity contribution is 0.0606. The van der Waals surface area contributed by atoms with E-state index in [2.05, 4.69) is 10.1 Å². The number of carbonyl (C=O) groups is 3. The first-order chi connectivity index (χ1) is 11.4. The van der Waals surface area contributed by atoms with Crippen LogP contribution in [0.3, 0.4) is 0 Å². The molecule has 0 spiro atoms. The summed E-state index contributed by atoms with van der Waals surface area (Å²) in [5.74, 6) is -1.59. The predicted octanol–water partition coefficient (Wildman–Crippen LogP) is 3.18. The van der Waals surface area contributed by atoms with Crippen molar-refractivity contribution >= 4 is 46.2 Å². The summed E-state index contributed by atoms with van der Waals surface area (Å²) in [6.45, 7) is 0. The number of methoxy groups -OCH3 is 1. The van der Waals surface area contributed by atoms with Crippen LogP contribution in [0.25, 0.3) is 0 Å². The van der Waals surface area contributed by atoms with Crippen LogP contribution in [-0.2, 0) is 4.74 Å². The zero-order valence-corrected chi connectivity index (χ0v) is 13.8. The van der Waals surface area contributed by atoms with Crippen molar-refractivity contribution in [1.82, 2.24) is 0 Å². The molecule has 0 atom stereocenters. The lowest BCUT2D eigenvalue weighted by atomic mass is 9.99. The number of benzene rings is 1. The van der Waals surface area contributed by atoms with E-state index in [4.69, 9.17) is 11.6 Å². The van der Waals surface area contributed by atoms with Crippen LogP contribution in [0, 0.1) is 0 Å². The molecule has 1 aromatic heterocycles. The van der Waals surface area contributed by atoms with Crippen molar-refractivity contribution in [2.24, 2.45) is 0 Å². The largest absolute Gasteiger partial charge is 0.508 e. The van der Waals surface area contributed by atoms with Crippen LogP contribution in [0.2, 0.25) is 0 Å². The molecule has 0 saturated heterocycles. The van der Waals surface area contributed by atoms with Gasteiger partial charge in [-0.05, 0) is 30.3 Å². The van der Waals surface area contributed by atoms with Gasteiger partial charge < -0.3 is 15.2 Å². The second-order valence-corrected chi connectivity index (χ2v) is 6.29. The zero-order chi connectivity index (χ0) is 17.4. The zero-order valence-electron chi connectivity index (χ0n) is 12.3. The van der Waals surface area contributed by atoms with Crippen LogP contribution in [0.15, 0.2) is 41.1 Å². The molecule has 1 aliphatic carbocycles. The summed E-state index contributed by atoms with van der Waals surface area (Å²) < 4.78 is 4.61. The molecule has 0 aliphatic heterocycles. The molecular weight excluding hydrogens is 354 g/mol. The van der Waals surface area contributed by atoms with E-state index in [1.807, 2.05) is 0 Å². The maximum absolute atomic E-state index is 12.6. The number of ketones is 2. The van der Waals surface area contributed by atoms with Crippen LogP contribution < -0.4 is 5.32 Å². The maximum atomic E-state index is 12.6. The minimum absolute atomic E-state index is 0.0644. The van der Waals surface area contributed by atoms with Crippen molar-refractivity contribution in [3.8, 4) is 5.75 Å². The number of phenols is 1. The second kappa shape index (κ2) is 6.10. The molecule has 0 amide bonds. The van der Waals surface area contributed by atoms with Crippen molar-refractivity contribution in [1.29, 1.82) is 0 Å². The number of aromatic hydroxyl groups is 1. The van der Waals surface area contributed by atoms with E-state index in [0.29, 0.717) is 5.69 Å². The molecule has 0 radical (unpaired) electrons. The van der Waals surface area contributed by atoms with Gasteiger partial charge in [-0.25, -0.2) is 4.79 Å². The van der Waals surface area contributed by atoms with Gasteiger partial charge in [-0.1, -0.05) is 11.6 Å². The summed E-state index contributed by atoms with van der Waals surface area (Å²) in [4.78, 5) is 36.9. The maximum Gasteiger partial charge on any atom is 0.348 e. The fourth-order valence-corrected chi connectivity index (χ4v) is 3.48. The Morgan fingerprint density at radius 1 is 1.21 bits per heavy atom. The number of nitrogens with one attached hydrogen (secondary N) is 1. The highest BCUT2D eigenvalue weighted by Gasteiger charge is 2.35. The fraction of sp³-hybridized carbons (Fsp3) is 0.0625. The number of phenolic OH excluding ortho intramolecular Hbond substituents is 1. The van der Waals surface area contributed by atoms with E-state index in [9.17, 15) is 19.5 Å². The number of carbonyl (C=O) groups excluding carboxylic acids is 3. The van der Waals surface area contributed by atoms with E-state index < -0.39 is 17.5 Å². The first-order valence-electron chi connectivity index (χ1n) is 6.69. The first kappa shape index (κ1) is 16.2. The van der Waals surface area contributed by atoms with Gasteiger partial charge in [-0.15, -0.1) is 11.3 Å². The average Bonchev–Trinajstić information content (AvgIpc) is 3.03. The van der Waals surface area contributed by atoms with Crippen molar-refractivity contribution in [3.63, 3.8) is 0 Å². The van der Waals surface area contributed by atoms with Crippen molar-refractivity contribution < 1.29 is 24.2 Å². The molecule has 2 N–H and O–H groups in total. The van der Waals surface area contributed by atoms with Gasteiger partial charge in [-0.3, -0.25) is 9.59 Å². The second-order valence-electron chi connectivity index (χ2n) is 4.86. The molecule has 3 rings (SSSR count). The summed E-state index contributed by atoms with van der Waals surface area (Å²) in [6.07, 6.45) is 0. The number of anilines is 1. The number of allylic oxidation sites excluding steroid dienone is 2. The van der Waals surface area contributed by atoms with Gasteiger partial charge >= 0.3 is 5.97 Å². The number of halogens is 1. The quantitative estimate of drug-likeness (QED) is 0.642. The molecule has 1 aliphatic rings. The number of thiophene rings is 1. The number of rotatable bonds is 3. The molecule has 24 heavy (non-hydrogen) atoms. The molecule has 2 aromatic rings. The Balaban J connectivity index is 1.99. The monoisotopic (exact) mass is 363 g/mol.